The van der Waals surface area contributed by atoms with Crippen molar-refractivity contribution in [2.45, 2.75) is 32.2 Å². The number of anilines is 1. The van der Waals surface area contributed by atoms with Crippen LogP contribution in [0.25, 0.3) is 16.6 Å². The van der Waals surface area contributed by atoms with Gasteiger partial charge in [0, 0.05) is 63.5 Å². The van der Waals surface area contributed by atoms with E-state index < -0.39 is 0 Å². The average molecular weight is 539 g/mol. The van der Waals surface area contributed by atoms with E-state index in [1.807, 2.05) is 52.3 Å². The van der Waals surface area contributed by atoms with Crippen LogP contribution in [0, 0.1) is 5.92 Å². The molecule has 2 aromatic heterocycles. The van der Waals surface area contributed by atoms with E-state index in [0.717, 1.165) is 85.8 Å². The molecule has 0 radical (unpaired) electrons. The Labute approximate surface area is 236 Å². The minimum atomic E-state index is -0.0825. The molecule has 0 bridgehead atoms. The number of likely N-dealkylation sites (tertiary alicyclic amines) is 1. The highest BCUT2D eigenvalue weighted by Gasteiger charge is 2.32. The van der Waals surface area contributed by atoms with Crippen LogP contribution in [0.5, 0.6) is 5.75 Å². The molecule has 8 nitrogen and oxygen atoms in total. The number of nitrogens with zero attached hydrogens (tertiary/aromatic N) is 6. The normalized spacial score (nSPS) is 19.1. The lowest BCUT2D eigenvalue weighted by atomic mass is 10.1. The number of carbonyl (C=O) groups is 1. The van der Waals surface area contributed by atoms with E-state index in [0.29, 0.717) is 12.3 Å². The van der Waals surface area contributed by atoms with Crippen LogP contribution >= 0.6 is 0 Å². The predicted octanol–water partition coefficient (Wildman–Crippen LogP) is 4.94. The molecular weight excluding hydrogens is 500 g/mol. The molecule has 40 heavy (non-hydrogen) atoms. The number of para-hydroxylation sites is 1. The molecule has 4 aromatic rings. The average Bonchev–Trinajstić information content (AvgIpc) is 3.59. The van der Waals surface area contributed by atoms with Gasteiger partial charge in [0.05, 0.1) is 30.0 Å². The van der Waals surface area contributed by atoms with Crippen molar-refractivity contribution < 1.29 is 9.53 Å². The first-order valence-corrected chi connectivity index (χ1v) is 14.4. The summed E-state index contributed by atoms with van der Waals surface area (Å²) in [6.45, 7) is 7.36. The van der Waals surface area contributed by atoms with Gasteiger partial charge in [-0.1, -0.05) is 31.2 Å². The fraction of sp³-hybridized carbons (Fsp3) is 0.406. The Bertz CT molecular complexity index is 1450. The topological polar surface area (TPSA) is 66.7 Å². The summed E-state index contributed by atoms with van der Waals surface area (Å²) >= 11 is 0. The van der Waals surface area contributed by atoms with Gasteiger partial charge >= 0.3 is 0 Å². The second kappa shape index (κ2) is 11.7. The maximum absolute atomic E-state index is 13.5. The molecule has 2 aliphatic rings. The largest absolute Gasteiger partial charge is 0.494 e. The molecule has 0 aliphatic carbocycles. The van der Waals surface area contributed by atoms with Crippen LogP contribution in [0.2, 0.25) is 0 Å². The Morgan fingerprint density at radius 2 is 1.88 bits per heavy atom. The summed E-state index contributed by atoms with van der Waals surface area (Å²) < 4.78 is 7.71. The fourth-order valence-corrected chi connectivity index (χ4v) is 6.17. The van der Waals surface area contributed by atoms with Gasteiger partial charge in [0.1, 0.15) is 11.4 Å². The third-order valence-electron chi connectivity index (χ3n) is 8.33. The molecule has 4 heterocycles. The van der Waals surface area contributed by atoms with Gasteiger partial charge in [-0.15, -0.1) is 0 Å². The number of hydrogen-bond donors (Lipinski definition) is 0. The number of rotatable bonds is 7. The lowest BCUT2D eigenvalue weighted by molar-refractivity contribution is -0.131. The van der Waals surface area contributed by atoms with Gasteiger partial charge in [0.25, 0.3) is 0 Å². The standard InChI is InChI=1S/C32H38N6O2/c1-24-13-18-37(23-24)30(39)22-28(27-14-19-38(34-27)26-9-4-3-5-10-26)35-16-7-17-36(21-20-35)32-29(40-2)12-11-25-8-6-15-33-31(25)32/h3-6,8-12,14-15,19,24,28H,7,13,16-18,20-23H2,1-2H3/t24-,28?/m1/s1. The first-order chi connectivity index (χ1) is 19.6. The van der Waals surface area contributed by atoms with Crippen molar-refractivity contribution in [2.75, 3.05) is 51.3 Å². The van der Waals surface area contributed by atoms with Gasteiger partial charge in [0.15, 0.2) is 0 Å². The van der Waals surface area contributed by atoms with Crippen LogP contribution in [0.4, 0.5) is 5.69 Å². The second-order valence-corrected chi connectivity index (χ2v) is 11.0. The summed E-state index contributed by atoms with van der Waals surface area (Å²) in [7, 11) is 1.72. The lowest BCUT2D eigenvalue weighted by Crippen LogP contribution is -2.38. The van der Waals surface area contributed by atoms with Crippen LogP contribution in [0.1, 0.15) is 37.9 Å². The Morgan fingerprint density at radius 1 is 1.00 bits per heavy atom. The van der Waals surface area contributed by atoms with Gasteiger partial charge in [-0.05, 0) is 55.2 Å². The molecule has 2 aliphatic heterocycles. The minimum absolute atomic E-state index is 0.0825. The highest BCUT2D eigenvalue weighted by atomic mass is 16.5. The molecule has 2 fully saturated rings. The predicted molar refractivity (Wildman–Crippen MR) is 158 cm³/mol. The van der Waals surface area contributed by atoms with E-state index in [1.165, 1.54) is 0 Å². The van der Waals surface area contributed by atoms with E-state index in [1.54, 1.807) is 7.11 Å². The zero-order valence-electron chi connectivity index (χ0n) is 23.4. The van der Waals surface area contributed by atoms with Crippen molar-refractivity contribution in [3.8, 4) is 11.4 Å². The van der Waals surface area contributed by atoms with Crippen LogP contribution in [-0.2, 0) is 4.79 Å². The van der Waals surface area contributed by atoms with Crippen molar-refractivity contribution in [3.63, 3.8) is 0 Å². The van der Waals surface area contributed by atoms with Crippen molar-refractivity contribution in [3.05, 3.63) is 78.8 Å². The molecule has 2 aromatic carbocycles. The number of ether oxygens (including phenoxy) is 1. The summed E-state index contributed by atoms with van der Waals surface area (Å²) in [4.78, 5) is 25.1. The quantitative estimate of drug-likeness (QED) is 0.332. The SMILES string of the molecule is COc1ccc2cccnc2c1N1CCCN(C(CC(=O)N2CC[C@@H](C)C2)c2ccn(-c3ccccc3)n2)CC1. The summed E-state index contributed by atoms with van der Waals surface area (Å²) in [5, 5.41) is 6.09. The summed E-state index contributed by atoms with van der Waals surface area (Å²) in [5.74, 6) is 1.64. The van der Waals surface area contributed by atoms with Gasteiger partial charge in [0.2, 0.25) is 5.91 Å². The number of fused-ring (bicyclic) bond motifs is 1. The molecule has 8 heteroatoms. The molecule has 0 N–H and O–H groups in total. The summed E-state index contributed by atoms with van der Waals surface area (Å²) in [6.07, 6.45) is 6.35. The highest BCUT2D eigenvalue weighted by molar-refractivity contribution is 5.94. The number of amides is 1. The third kappa shape index (κ3) is 5.41. The number of benzene rings is 2. The zero-order chi connectivity index (χ0) is 27.5. The Hall–Kier alpha value is -3.91. The van der Waals surface area contributed by atoms with Crippen molar-refractivity contribution in [1.29, 1.82) is 0 Å². The smallest absolute Gasteiger partial charge is 0.224 e. The maximum Gasteiger partial charge on any atom is 0.224 e. The Balaban J connectivity index is 1.27. The van der Waals surface area contributed by atoms with Crippen LogP contribution in [0.15, 0.2) is 73.1 Å². The monoisotopic (exact) mass is 538 g/mol. The molecule has 2 atom stereocenters. The van der Waals surface area contributed by atoms with E-state index in [-0.39, 0.29) is 11.9 Å². The van der Waals surface area contributed by atoms with Crippen LogP contribution in [0.3, 0.4) is 0 Å². The van der Waals surface area contributed by atoms with E-state index in [2.05, 4.69) is 47.1 Å². The van der Waals surface area contributed by atoms with E-state index in [9.17, 15) is 4.79 Å². The third-order valence-corrected chi connectivity index (χ3v) is 8.33. The van der Waals surface area contributed by atoms with Gasteiger partial charge in [-0.3, -0.25) is 14.7 Å². The van der Waals surface area contributed by atoms with Crippen molar-refractivity contribution in [1.82, 2.24) is 24.6 Å². The first-order valence-electron chi connectivity index (χ1n) is 14.4. The summed E-state index contributed by atoms with van der Waals surface area (Å²) in [5.41, 5.74) is 3.98. The van der Waals surface area contributed by atoms with Crippen LogP contribution in [-0.4, -0.2) is 76.8 Å². The number of carbonyl (C=O) groups excluding carboxylic acids is 1. The molecule has 1 unspecified atom stereocenters. The van der Waals surface area contributed by atoms with E-state index >= 15 is 0 Å². The lowest BCUT2D eigenvalue weighted by Gasteiger charge is -2.31. The van der Waals surface area contributed by atoms with Crippen LogP contribution < -0.4 is 9.64 Å². The fourth-order valence-electron chi connectivity index (χ4n) is 6.17. The van der Waals surface area contributed by atoms with Gasteiger partial charge in [-0.25, -0.2) is 4.68 Å². The molecule has 0 spiro atoms. The van der Waals surface area contributed by atoms with Crippen molar-refractivity contribution >= 4 is 22.5 Å². The molecule has 2 saturated heterocycles. The first kappa shape index (κ1) is 26.3. The minimum Gasteiger partial charge on any atom is -0.494 e. The number of pyridine rings is 1. The second-order valence-electron chi connectivity index (χ2n) is 11.0. The summed E-state index contributed by atoms with van der Waals surface area (Å²) in [6, 6.07) is 20.3. The number of aromatic nitrogens is 3. The number of methoxy groups -OCH3 is 1. The molecule has 1 amide bonds. The zero-order valence-corrected chi connectivity index (χ0v) is 23.4. The van der Waals surface area contributed by atoms with Gasteiger partial charge < -0.3 is 14.5 Å². The van der Waals surface area contributed by atoms with Crippen molar-refractivity contribution in [2.24, 2.45) is 5.92 Å². The molecule has 6 rings (SSSR count). The van der Waals surface area contributed by atoms with E-state index in [4.69, 9.17) is 14.8 Å². The van der Waals surface area contributed by atoms with Gasteiger partial charge in [-0.2, -0.15) is 5.10 Å². The highest BCUT2D eigenvalue weighted by Crippen LogP contribution is 2.36. The maximum atomic E-state index is 13.5. The molecule has 208 valence electrons. The molecular formula is C32H38N6O2. The Morgan fingerprint density at radius 3 is 2.67 bits per heavy atom. The number of hydrogen-bond acceptors (Lipinski definition) is 6. The molecule has 0 saturated carbocycles. The Kier molecular flexibility index (Phi) is 7.68.